The molecule has 5 heteroatoms. The van der Waals surface area contributed by atoms with Crippen LogP contribution in [0.5, 0.6) is 0 Å². The van der Waals surface area contributed by atoms with Gasteiger partial charge in [0, 0.05) is 56.3 Å². The second-order valence-electron chi connectivity index (χ2n) is 8.00. The van der Waals surface area contributed by atoms with E-state index in [-0.39, 0.29) is 5.92 Å². The minimum absolute atomic E-state index is 0.151. The third kappa shape index (κ3) is 3.94. The Balaban J connectivity index is 1.39. The molecule has 5 rings (SSSR count). The van der Waals surface area contributed by atoms with Gasteiger partial charge in [-0.25, -0.2) is 4.98 Å². The number of benzene rings is 2. The molecule has 5 nitrogen and oxygen atoms in total. The molecule has 3 heterocycles. The van der Waals surface area contributed by atoms with Crippen molar-refractivity contribution in [3.63, 3.8) is 0 Å². The van der Waals surface area contributed by atoms with Crippen LogP contribution in [0.1, 0.15) is 40.4 Å². The third-order valence-electron chi connectivity index (χ3n) is 6.03. The lowest BCUT2D eigenvalue weighted by atomic mass is 9.85. The molecule has 0 bridgehead atoms. The van der Waals surface area contributed by atoms with Crippen molar-refractivity contribution in [1.82, 2.24) is 24.6 Å². The van der Waals surface area contributed by atoms with Crippen molar-refractivity contribution in [3.8, 4) is 0 Å². The maximum absolute atomic E-state index is 4.84. The average molecular weight is 398 g/mol. The predicted octanol–water partition coefficient (Wildman–Crippen LogP) is 4.23. The first-order valence-corrected chi connectivity index (χ1v) is 10.7. The molecular formula is C25H27N5. The van der Waals surface area contributed by atoms with E-state index in [1.807, 2.05) is 18.7 Å². The summed E-state index contributed by atoms with van der Waals surface area (Å²) in [4.78, 5) is 6.70. The van der Waals surface area contributed by atoms with Gasteiger partial charge in [-0.1, -0.05) is 60.7 Å². The Bertz CT molecular complexity index is 1010. The predicted molar refractivity (Wildman–Crippen MR) is 118 cm³/mol. The van der Waals surface area contributed by atoms with Crippen LogP contribution >= 0.6 is 0 Å². The molecule has 1 N–H and O–H groups in total. The highest BCUT2D eigenvalue weighted by molar-refractivity contribution is 5.44. The van der Waals surface area contributed by atoms with Crippen LogP contribution in [0.3, 0.4) is 0 Å². The monoisotopic (exact) mass is 397 g/mol. The molecule has 30 heavy (non-hydrogen) atoms. The molecule has 4 aromatic rings. The normalized spacial score (nSPS) is 14.2. The van der Waals surface area contributed by atoms with Crippen LogP contribution in [0.15, 0.2) is 79.4 Å². The van der Waals surface area contributed by atoms with Crippen LogP contribution in [-0.4, -0.2) is 37.7 Å². The van der Waals surface area contributed by atoms with Crippen LogP contribution in [0, 0.1) is 0 Å². The number of fused-ring (bicyclic) bond motifs is 1. The number of hydrogen-bond acceptors (Lipinski definition) is 3. The molecule has 2 aromatic carbocycles. The van der Waals surface area contributed by atoms with Crippen molar-refractivity contribution in [2.75, 3.05) is 13.1 Å². The Morgan fingerprint density at radius 1 is 0.933 bits per heavy atom. The Kier molecular flexibility index (Phi) is 5.44. The first kappa shape index (κ1) is 18.8. The molecule has 0 radical (unpaired) electrons. The zero-order valence-corrected chi connectivity index (χ0v) is 17.1. The summed E-state index contributed by atoms with van der Waals surface area (Å²) in [5.74, 6) is 0.151. The van der Waals surface area contributed by atoms with Gasteiger partial charge in [0.1, 0.15) is 0 Å². The van der Waals surface area contributed by atoms with E-state index in [1.54, 1.807) is 0 Å². The van der Waals surface area contributed by atoms with E-state index in [2.05, 4.69) is 80.2 Å². The zero-order chi connectivity index (χ0) is 20.2. The molecule has 0 fully saturated rings. The number of hydrogen-bond donors (Lipinski definition) is 1. The Hall–Kier alpha value is -3.18. The van der Waals surface area contributed by atoms with Crippen molar-refractivity contribution >= 4 is 0 Å². The molecule has 0 saturated heterocycles. The second-order valence-corrected chi connectivity index (χ2v) is 8.00. The van der Waals surface area contributed by atoms with Crippen molar-refractivity contribution in [2.24, 2.45) is 0 Å². The number of rotatable bonds is 7. The van der Waals surface area contributed by atoms with Gasteiger partial charge in [-0.2, -0.15) is 5.10 Å². The minimum atomic E-state index is 0.151. The van der Waals surface area contributed by atoms with Gasteiger partial charge >= 0.3 is 0 Å². The smallest absolute Gasteiger partial charge is 0.0945 e. The van der Waals surface area contributed by atoms with Crippen LogP contribution in [0.25, 0.3) is 0 Å². The van der Waals surface area contributed by atoms with E-state index >= 15 is 0 Å². The lowest BCUT2D eigenvalue weighted by Crippen LogP contribution is -2.32. The van der Waals surface area contributed by atoms with E-state index < -0.39 is 0 Å². The van der Waals surface area contributed by atoms with Crippen molar-refractivity contribution in [1.29, 1.82) is 0 Å². The fraction of sp³-hybridized carbons (Fsp3) is 0.280. The Morgan fingerprint density at radius 3 is 2.33 bits per heavy atom. The topological polar surface area (TPSA) is 49.7 Å². The number of H-pyrrole nitrogens is 1. The first-order chi connectivity index (χ1) is 14.9. The number of imidazole rings is 1. The average Bonchev–Trinajstić information content (AvgIpc) is 3.46. The number of aryl methyl sites for hydroxylation is 1. The van der Waals surface area contributed by atoms with Gasteiger partial charge in [0.15, 0.2) is 0 Å². The van der Waals surface area contributed by atoms with Gasteiger partial charge in [0.05, 0.1) is 17.9 Å². The van der Waals surface area contributed by atoms with Gasteiger partial charge in [-0.05, 0) is 17.5 Å². The molecule has 0 atom stereocenters. The Morgan fingerprint density at radius 2 is 1.67 bits per heavy atom. The molecule has 1 aliphatic rings. The maximum Gasteiger partial charge on any atom is 0.0945 e. The summed E-state index contributed by atoms with van der Waals surface area (Å²) >= 11 is 0. The molecule has 0 unspecified atom stereocenters. The second kappa shape index (κ2) is 8.67. The molecule has 0 spiro atoms. The summed E-state index contributed by atoms with van der Waals surface area (Å²) < 4.78 is 2.15. The van der Waals surface area contributed by atoms with Crippen LogP contribution in [0.4, 0.5) is 0 Å². The van der Waals surface area contributed by atoms with Gasteiger partial charge < -0.3 is 4.57 Å². The molecule has 2 aromatic heterocycles. The van der Waals surface area contributed by atoms with Gasteiger partial charge in [-0.15, -0.1) is 0 Å². The minimum Gasteiger partial charge on any atom is -0.337 e. The highest BCUT2D eigenvalue weighted by atomic mass is 15.2. The lowest BCUT2D eigenvalue weighted by Gasteiger charge is -2.28. The van der Waals surface area contributed by atoms with E-state index in [0.717, 1.165) is 39.0 Å². The van der Waals surface area contributed by atoms with Crippen LogP contribution in [0.2, 0.25) is 0 Å². The summed E-state index contributed by atoms with van der Waals surface area (Å²) in [6.07, 6.45) is 7.93. The van der Waals surface area contributed by atoms with Crippen LogP contribution < -0.4 is 0 Å². The van der Waals surface area contributed by atoms with Crippen molar-refractivity contribution in [2.45, 2.75) is 31.8 Å². The lowest BCUT2D eigenvalue weighted by molar-refractivity contribution is 0.245. The summed E-state index contributed by atoms with van der Waals surface area (Å²) in [5.41, 5.74) is 6.42. The number of aromatic nitrogens is 4. The molecule has 1 aliphatic heterocycles. The third-order valence-corrected chi connectivity index (χ3v) is 6.03. The molecule has 0 aliphatic carbocycles. The first-order valence-electron chi connectivity index (χ1n) is 10.7. The van der Waals surface area contributed by atoms with Crippen LogP contribution in [-0.2, 0) is 19.5 Å². The van der Waals surface area contributed by atoms with Gasteiger partial charge in [-0.3, -0.25) is 10.00 Å². The molecule has 152 valence electrons. The SMILES string of the molecule is c1ccc(C(c2ccccc2)c2n[nH]c3c2CN(CCCn2ccnc2)CC3)cc1. The standard InChI is InChI=1S/C25H27N5/c1-3-8-20(9-4-1)24(21-10-5-2-6-11-21)25-22-18-29(16-12-23(22)27-28-25)14-7-15-30-17-13-26-19-30/h1-6,8-11,13,17,19,24H,7,12,14-16,18H2,(H,27,28). The molecule has 0 amide bonds. The quantitative estimate of drug-likeness (QED) is 0.508. The highest BCUT2D eigenvalue weighted by Gasteiger charge is 2.28. The largest absolute Gasteiger partial charge is 0.337 e. The summed E-state index contributed by atoms with van der Waals surface area (Å²) in [6, 6.07) is 21.5. The highest BCUT2D eigenvalue weighted by Crippen LogP contribution is 2.35. The van der Waals surface area contributed by atoms with E-state index in [4.69, 9.17) is 5.10 Å². The summed E-state index contributed by atoms with van der Waals surface area (Å²) in [7, 11) is 0. The van der Waals surface area contributed by atoms with Gasteiger partial charge in [0.25, 0.3) is 0 Å². The summed E-state index contributed by atoms with van der Waals surface area (Å²) in [6.45, 7) is 4.14. The number of aromatic amines is 1. The van der Waals surface area contributed by atoms with E-state index in [1.165, 1.54) is 28.1 Å². The fourth-order valence-electron chi connectivity index (χ4n) is 4.50. The zero-order valence-electron chi connectivity index (χ0n) is 17.1. The number of nitrogens with zero attached hydrogens (tertiary/aromatic N) is 4. The molecular weight excluding hydrogens is 370 g/mol. The Labute approximate surface area is 177 Å². The van der Waals surface area contributed by atoms with E-state index in [9.17, 15) is 0 Å². The maximum atomic E-state index is 4.84. The summed E-state index contributed by atoms with van der Waals surface area (Å²) in [5, 5.41) is 8.20. The van der Waals surface area contributed by atoms with Crippen molar-refractivity contribution in [3.05, 3.63) is 107 Å². The number of nitrogens with one attached hydrogen (secondary N) is 1. The van der Waals surface area contributed by atoms with Gasteiger partial charge in [0.2, 0.25) is 0 Å². The van der Waals surface area contributed by atoms with E-state index in [0.29, 0.717) is 0 Å². The fourth-order valence-corrected chi connectivity index (χ4v) is 4.50. The van der Waals surface area contributed by atoms with Crippen molar-refractivity contribution < 1.29 is 0 Å². The molecule has 0 saturated carbocycles.